The molecule has 2 aromatic carbocycles. The third-order valence-electron chi connectivity index (χ3n) is 7.43. The van der Waals surface area contributed by atoms with Gasteiger partial charge in [-0.15, -0.1) is 0 Å². The average molecular weight is 502 g/mol. The third kappa shape index (κ3) is 5.69. The molecular formula is C26H35N3O5S. The number of benzene rings is 2. The van der Waals surface area contributed by atoms with E-state index in [1.54, 1.807) is 19.2 Å². The zero-order valence-corrected chi connectivity index (χ0v) is 21.0. The molecule has 35 heavy (non-hydrogen) atoms. The number of nitrogens with zero attached hydrogens (tertiary/aromatic N) is 1. The highest BCUT2D eigenvalue weighted by molar-refractivity contribution is 7.87. The molecule has 9 heteroatoms. The summed E-state index contributed by atoms with van der Waals surface area (Å²) >= 11 is 0. The summed E-state index contributed by atoms with van der Waals surface area (Å²) in [6, 6.07) is 16.7. The first-order chi connectivity index (χ1) is 16.9. The lowest BCUT2D eigenvalue weighted by Crippen LogP contribution is -2.51. The molecule has 1 heterocycles. The Hall–Kier alpha value is -2.46. The maximum atomic E-state index is 13.0. The molecule has 2 aliphatic rings. The second kappa shape index (κ2) is 11.1. The lowest BCUT2D eigenvalue weighted by atomic mass is 9.68. The lowest BCUT2D eigenvalue weighted by molar-refractivity contribution is 0.0932. The van der Waals surface area contributed by atoms with Crippen LogP contribution in [0.3, 0.4) is 0 Å². The number of para-hydroxylation sites is 1. The molecule has 2 aromatic rings. The molecule has 3 N–H and O–H groups in total. The van der Waals surface area contributed by atoms with E-state index in [-0.39, 0.29) is 30.0 Å². The van der Waals surface area contributed by atoms with Gasteiger partial charge in [0.05, 0.1) is 19.3 Å². The van der Waals surface area contributed by atoms with Crippen molar-refractivity contribution in [3.05, 3.63) is 65.7 Å². The fraction of sp³-hybridized carbons (Fsp3) is 0.500. The molecule has 1 aliphatic heterocycles. The Kier molecular flexibility index (Phi) is 8.11. The Morgan fingerprint density at radius 1 is 1.09 bits per heavy atom. The number of carbonyl (C=O) groups excluding carboxylic acids is 1. The molecule has 2 fully saturated rings. The van der Waals surface area contributed by atoms with Gasteiger partial charge < -0.3 is 15.2 Å². The summed E-state index contributed by atoms with van der Waals surface area (Å²) in [5, 5.41) is 12.7. The molecule has 4 rings (SSSR count). The van der Waals surface area contributed by atoms with Gasteiger partial charge >= 0.3 is 0 Å². The smallest absolute Gasteiger partial charge is 0.280 e. The predicted octanol–water partition coefficient (Wildman–Crippen LogP) is 2.60. The van der Waals surface area contributed by atoms with Crippen molar-refractivity contribution in [1.82, 2.24) is 14.3 Å². The molecule has 1 atom stereocenters. The fourth-order valence-corrected chi connectivity index (χ4v) is 7.14. The van der Waals surface area contributed by atoms with Crippen molar-refractivity contribution in [3.63, 3.8) is 0 Å². The summed E-state index contributed by atoms with van der Waals surface area (Å²) in [7, 11) is -2.11. The number of hydrogen-bond acceptors (Lipinski definition) is 5. The highest BCUT2D eigenvalue weighted by Gasteiger charge is 2.40. The van der Waals surface area contributed by atoms with Gasteiger partial charge in [0.25, 0.3) is 16.1 Å². The summed E-state index contributed by atoms with van der Waals surface area (Å²) in [6.07, 6.45) is 4.25. The molecule has 0 bridgehead atoms. The van der Waals surface area contributed by atoms with E-state index in [1.807, 2.05) is 30.3 Å². The number of aliphatic hydroxyl groups excluding tert-OH is 1. The van der Waals surface area contributed by atoms with Crippen molar-refractivity contribution in [2.75, 3.05) is 26.8 Å². The van der Waals surface area contributed by atoms with Crippen molar-refractivity contribution >= 4 is 16.1 Å². The van der Waals surface area contributed by atoms with Gasteiger partial charge in [-0.3, -0.25) is 4.79 Å². The molecule has 1 saturated carbocycles. The second-order valence-corrected chi connectivity index (χ2v) is 11.2. The van der Waals surface area contributed by atoms with Gasteiger partial charge in [0.1, 0.15) is 5.75 Å². The summed E-state index contributed by atoms with van der Waals surface area (Å²) < 4.78 is 35.6. The third-order valence-corrected chi connectivity index (χ3v) is 9.16. The number of nitrogens with one attached hydrogen (secondary N) is 2. The number of hydrogen-bond donors (Lipinski definition) is 3. The van der Waals surface area contributed by atoms with Gasteiger partial charge in [-0.2, -0.15) is 17.4 Å². The number of methoxy groups -OCH3 is 1. The number of amides is 1. The van der Waals surface area contributed by atoms with Crippen molar-refractivity contribution in [1.29, 1.82) is 0 Å². The first-order valence-electron chi connectivity index (χ1n) is 12.3. The monoisotopic (exact) mass is 501 g/mol. The van der Waals surface area contributed by atoms with Crippen LogP contribution in [0.4, 0.5) is 0 Å². The molecule has 1 amide bonds. The second-order valence-electron chi connectivity index (χ2n) is 9.52. The van der Waals surface area contributed by atoms with E-state index in [4.69, 9.17) is 4.74 Å². The van der Waals surface area contributed by atoms with Crippen LogP contribution in [0.1, 0.15) is 54.4 Å². The van der Waals surface area contributed by atoms with Crippen LogP contribution in [0, 0.1) is 0 Å². The summed E-state index contributed by atoms with van der Waals surface area (Å²) in [5.74, 6) is 0.338. The number of ether oxygens (including phenoxy) is 1. The predicted molar refractivity (Wildman–Crippen MR) is 135 cm³/mol. The van der Waals surface area contributed by atoms with Crippen LogP contribution >= 0.6 is 0 Å². The van der Waals surface area contributed by atoms with Crippen LogP contribution in [0.2, 0.25) is 0 Å². The normalized spacial score (nSPS) is 25.3. The average Bonchev–Trinajstić information content (AvgIpc) is 3.39. The fourth-order valence-electron chi connectivity index (χ4n) is 5.41. The van der Waals surface area contributed by atoms with Gasteiger partial charge in [0.2, 0.25) is 0 Å². The summed E-state index contributed by atoms with van der Waals surface area (Å²) in [5.41, 5.74) is 1.34. The van der Waals surface area contributed by atoms with Crippen molar-refractivity contribution in [2.45, 2.75) is 56.0 Å². The Balaban J connectivity index is 1.46. The molecule has 1 saturated heterocycles. The Morgan fingerprint density at radius 3 is 2.46 bits per heavy atom. The number of rotatable bonds is 9. The van der Waals surface area contributed by atoms with E-state index in [0.29, 0.717) is 43.7 Å². The summed E-state index contributed by atoms with van der Waals surface area (Å²) in [4.78, 5) is 13.0. The largest absolute Gasteiger partial charge is 0.496 e. The molecule has 0 aromatic heterocycles. The van der Waals surface area contributed by atoms with Gasteiger partial charge in [0.15, 0.2) is 0 Å². The first-order valence-corrected chi connectivity index (χ1v) is 13.7. The van der Waals surface area contributed by atoms with Crippen LogP contribution in [-0.2, 0) is 15.6 Å². The molecule has 190 valence electrons. The van der Waals surface area contributed by atoms with E-state index in [9.17, 15) is 18.3 Å². The Labute approximate surface area is 207 Å². The maximum Gasteiger partial charge on any atom is 0.280 e. The number of aliphatic hydroxyl groups is 1. The highest BCUT2D eigenvalue weighted by atomic mass is 32.2. The van der Waals surface area contributed by atoms with Crippen LogP contribution < -0.4 is 14.8 Å². The van der Waals surface area contributed by atoms with Gasteiger partial charge in [0, 0.05) is 30.6 Å². The van der Waals surface area contributed by atoms with E-state index in [1.165, 1.54) is 4.31 Å². The van der Waals surface area contributed by atoms with Crippen LogP contribution in [0.15, 0.2) is 54.6 Å². The van der Waals surface area contributed by atoms with E-state index >= 15 is 0 Å². The topological polar surface area (TPSA) is 108 Å². The molecule has 0 spiro atoms. The van der Waals surface area contributed by atoms with E-state index < -0.39 is 10.2 Å². The van der Waals surface area contributed by atoms with Crippen LogP contribution in [-0.4, -0.2) is 62.6 Å². The molecular weight excluding hydrogens is 466 g/mol. The van der Waals surface area contributed by atoms with Crippen molar-refractivity contribution < 1.29 is 23.1 Å². The van der Waals surface area contributed by atoms with Crippen molar-refractivity contribution in [3.8, 4) is 5.75 Å². The van der Waals surface area contributed by atoms with Crippen LogP contribution in [0.25, 0.3) is 0 Å². The first kappa shape index (κ1) is 25.6. The standard InChI is InChI=1S/C26H35N3O5S/c1-34-24-12-6-5-11-23(24)25(31)27-19-26(20-8-3-2-4-9-20)15-13-21(14-16-26)28-35(32,33)29-17-7-10-22(29)18-30/h2-6,8-9,11-12,21-22,28,30H,7,10,13-19H2,1H3,(H,27,31)/t21?,22-,26?/m1/s1. The Bertz CT molecular complexity index is 1100. The van der Waals surface area contributed by atoms with Crippen LogP contribution in [0.5, 0.6) is 5.75 Å². The zero-order valence-electron chi connectivity index (χ0n) is 20.2. The van der Waals surface area contributed by atoms with Gasteiger partial charge in [-0.05, 0) is 56.2 Å². The van der Waals surface area contributed by atoms with E-state index in [0.717, 1.165) is 24.8 Å². The molecule has 8 nitrogen and oxygen atoms in total. The van der Waals surface area contributed by atoms with E-state index in [2.05, 4.69) is 22.2 Å². The van der Waals surface area contributed by atoms with Gasteiger partial charge in [-0.25, -0.2) is 0 Å². The SMILES string of the molecule is COc1ccccc1C(=O)NCC1(c2ccccc2)CCC(NS(=O)(=O)N2CCC[C@@H]2CO)CC1. The maximum absolute atomic E-state index is 13.0. The quantitative estimate of drug-likeness (QED) is 0.490. The summed E-state index contributed by atoms with van der Waals surface area (Å²) in [6.45, 7) is 0.733. The minimum absolute atomic E-state index is 0.158. The minimum Gasteiger partial charge on any atom is -0.496 e. The van der Waals surface area contributed by atoms with Gasteiger partial charge in [-0.1, -0.05) is 42.5 Å². The number of carbonyl (C=O) groups is 1. The zero-order chi connectivity index (χ0) is 24.9. The highest BCUT2D eigenvalue weighted by Crippen LogP contribution is 2.39. The molecule has 0 radical (unpaired) electrons. The van der Waals surface area contributed by atoms with Crippen molar-refractivity contribution in [2.24, 2.45) is 0 Å². The minimum atomic E-state index is -3.65. The molecule has 0 unspecified atom stereocenters. The Morgan fingerprint density at radius 2 is 1.77 bits per heavy atom. The lowest BCUT2D eigenvalue weighted by Gasteiger charge is -2.41. The molecule has 1 aliphatic carbocycles.